The van der Waals surface area contributed by atoms with E-state index in [1.807, 2.05) is 0 Å². The number of H-pyrrole nitrogens is 1. The zero-order valence-electron chi connectivity index (χ0n) is 10.7. The molecule has 0 bridgehead atoms. The molecule has 0 fully saturated rings. The largest absolute Gasteiger partial charge is 0.288 e. The Bertz CT molecular complexity index is 773. The Labute approximate surface area is 122 Å². The minimum atomic E-state index is -0.587. The van der Waals surface area contributed by atoms with Crippen LogP contribution in [0.15, 0.2) is 28.1 Å². The molecule has 0 spiro atoms. The minimum absolute atomic E-state index is 0.0406. The fourth-order valence-electron chi connectivity index (χ4n) is 1.36. The molecule has 0 atom stereocenters. The molecule has 2 rings (SSSR count). The van der Waals surface area contributed by atoms with Crippen molar-refractivity contribution >= 4 is 29.5 Å². The molecule has 2 N–H and O–H groups in total. The topological polar surface area (TPSA) is 126 Å². The van der Waals surface area contributed by atoms with E-state index >= 15 is 0 Å². The second kappa shape index (κ2) is 6.09. The first-order chi connectivity index (χ1) is 9.97. The van der Waals surface area contributed by atoms with E-state index in [1.54, 1.807) is 6.07 Å². The molecule has 0 aliphatic rings. The number of rotatable bonds is 4. The number of aryl methyl sites for hydroxylation is 1. The second-order valence-electron chi connectivity index (χ2n) is 3.93. The van der Waals surface area contributed by atoms with Crippen LogP contribution in [-0.2, 0) is 0 Å². The normalized spacial score (nSPS) is 10.8. The van der Waals surface area contributed by atoms with Crippen molar-refractivity contribution in [3.05, 3.63) is 54.9 Å². The summed E-state index contributed by atoms with van der Waals surface area (Å²) in [4.78, 5) is 23.9. The third-order valence-corrected chi connectivity index (χ3v) is 2.73. The molecule has 0 saturated carbocycles. The fourth-order valence-corrected chi connectivity index (χ4v) is 1.55. The molecule has 21 heavy (non-hydrogen) atoms. The summed E-state index contributed by atoms with van der Waals surface area (Å²) in [5, 5.41) is 21.9. The molecule has 0 radical (unpaired) electrons. The van der Waals surface area contributed by atoms with Gasteiger partial charge in [0, 0.05) is 11.6 Å². The maximum atomic E-state index is 11.3. The Morgan fingerprint density at radius 1 is 1.48 bits per heavy atom. The first kappa shape index (κ1) is 14.6. The quantitative estimate of drug-likeness (QED) is 0.500. The van der Waals surface area contributed by atoms with E-state index in [1.165, 1.54) is 25.3 Å². The van der Waals surface area contributed by atoms with Gasteiger partial charge in [0.1, 0.15) is 10.7 Å². The van der Waals surface area contributed by atoms with Gasteiger partial charge in [0.05, 0.1) is 11.1 Å². The zero-order valence-corrected chi connectivity index (χ0v) is 11.5. The lowest BCUT2D eigenvalue weighted by Gasteiger charge is -1.99. The highest BCUT2D eigenvalue weighted by Gasteiger charge is 2.11. The highest BCUT2D eigenvalue weighted by Crippen LogP contribution is 2.24. The number of hydrogen-bond acceptors (Lipinski definition) is 7. The van der Waals surface area contributed by atoms with Gasteiger partial charge in [-0.3, -0.25) is 19.9 Å². The highest BCUT2D eigenvalue weighted by atomic mass is 35.5. The van der Waals surface area contributed by atoms with E-state index in [4.69, 9.17) is 11.6 Å². The van der Waals surface area contributed by atoms with Gasteiger partial charge < -0.3 is 0 Å². The summed E-state index contributed by atoms with van der Waals surface area (Å²) >= 11 is 5.69. The van der Waals surface area contributed by atoms with Crippen molar-refractivity contribution in [1.29, 1.82) is 0 Å². The molecule has 0 saturated heterocycles. The Balaban J connectivity index is 2.14. The molecule has 0 amide bonds. The van der Waals surface area contributed by atoms with Gasteiger partial charge in [0.15, 0.2) is 0 Å². The van der Waals surface area contributed by atoms with Crippen LogP contribution in [0.3, 0.4) is 0 Å². The Morgan fingerprint density at radius 2 is 2.24 bits per heavy atom. The van der Waals surface area contributed by atoms with Gasteiger partial charge in [-0.25, -0.2) is 5.43 Å². The van der Waals surface area contributed by atoms with Crippen LogP contribution in [-0.4, -0.2) is 26.3 Å². The maximum absolute atomic E-state index is 11.3. The predicted octanol–water partition coefficient (Wildman–Crippen LogP) is 1.48. The van der Waals surface area contributed by atoms with Crippen molar-refractivity contribution in [1.82, 2.24) is 15.2 Å². The lowest BCUT2D eigenvalue weighted by atomic mass is 10.2. The van der Waals surface area contributed by atoms with Gasteiger partial charge >= 0.3 is 0 Å². The van der Waals surface area contributed by atoms with Gasteiger partial charge in [0.2, 0.25) is 5.95 Å². The number of nitrogens with one attached hydrogen (secondary N) is 2. The number of benzene rings is 1. The number of halogens is 1. The average molecular weight is 309 g/mol. The number of nitro benzene ring substituents is 1. The summed E-state index contributed by atoms with van der Waals surface area (Å²) < 4.78 is 0. The third-order valence-electron chi connectivity index (χ3n) is 2.41. The van der Waals surface area contributed by atoms with Gasteiger partial charge in [-0.1, -0.05) is 17.7 Å². The molecule has 2 aromatic rings. The number of aromatic amines is 1. The molecule has 9 nitrogen and oxygen atoms in total. The van der Waals surface area contributed by atoms with E-state index in [-0.39, 0.29) is 27.9 Å². The zero-order chi connectivity index (χ0) is 15.4. The molecule has 1 heterocycles. The van der Waals surface area contributed by atoms with E-state index in [0.29, 0.717) is 5.56 Å². The van der Waals surface area contributed by atoms with Gasteiger partial charge in [-0.15, -0.1) is 10.2 Å². The minimum Gasteiger partial charge on any atom is -0.288 e. The monoisotopic (exact) mass is 308 g/mol. The number of aromatic nitrogens is 3. The van der Waals surface area contributed by atoms with Gasteiger partial charge in [0.25, 0.3) is 11.2 Å². The Hall–Kier alpha value is -2.81. The Morgan fingerprint density at radius 3 is 2.90 bits per heavy atom. The van der Waals surface area contributed by atoms with E-state index in [2.05, 4.69) is 25.7 Å². The molecule has 0 aliphatic carbocycles. The predicted molar refractivity (Wildman–Crippen MR) is 76.7 cm³/mol. The van der Waals surface area contributed by atoms with Gasteiger partial charge in [-0.2, -0.15) is 5.10 Å². The van der Waals surface area contributed by atoms with Crippen molar-refractivity contribution < 1.29 is 4.92 Å². The van der Waals surface area contributed by atoms with Crippen molar-refractivity contribution in [3.63, 3.8) is 0 Å². The van der Waals surface area contributed by atoms with Crippen LogP contribution in [0, 0.1) is 17.0 Å². The SMILES string of the molecule is Cc1nnc(N/N=C/c2ccc(Cl)c([N+](=O)[O-])c2)[nH]c1=O. The van der Waals surface area contributed by atoms with Crippen molar-refractivity contribution in [2.24, 2.45) is 5.10 Å². The molecule has 108 valence electrons. The van der Waals surface area contributed by atoms with Crippen molar-refractivity contribution in [3.8, 4) is 0 Å². The lowest BCUT2D eigenvalue weighted by Crippen LogP contribution is -2.15. The number of anilines is 1. The van der Waals surface area contributed by atoms with Crippen LogP contribution in [0.2, 0.25) is 5.02 Å². The summed E-state index contributed by atoms with van der Waals surface area (Å²) in [7, 11) is 0. The first-order valence-corrected chi connectivity index (χ1v) is 6.02. The molecule has 0 unspecified atom stereocenters. The summed E-state index contributed by atoms with van der Waals surface area (Å²) in [6.45, 7) is 1.52. The second-order valence-corrected chi connectivity index (χ2v) is 4.33. The molecule has 1 aromatic heterocycles. The molecular formula is C11H9ClN6O3. The molecule has 1 aromatic carbocycles. The van der Waals surface area contributed by atoms with Crippen molar-refractivity contribution in [2.45, 2.75) is 6.92 Å². The van der Waals surface area contributed by atoms with Crippen LogP contribution in [0.5, 0.6) is 0 Å². The van der Waals surface area contributed by atoms with Crippen LogP contribution in [0.4, 0.5) is 11.6 Å². The third kappa shape index (κ3) is 3.60. The van der Waals surface area contributed by atoms with Crippen LogP contribution >= 0.6 is 11.6 Å². The number of nitrogens with zero attached hydrogens (tertiary/aromatic N) is 4. The Kier molecular flexibility index (Phi) is 4.24. The smallest absolute Gasteiger partial charge is 0.288 e. The molecule has 10 heteroatoms. The average Bonchev–Trinajstić information content (AvgIpc) is 2.44. The van der Waals surface area contributed by atoms with E-state index in [0.717, 1.165) is 0 Å². The number of nitro groups is 1. The van der Waals surface area contributed by atoms with Crippen LogP contribution < -0.4 is 11.0 Å². The maximum Gasteiger partial charge on any atom is 0.288 e. The summed E-state index contributed by atoms with van der Waals surface area (Å²) in [6, 6.07) is 4.23. The molecular weight excluding hydrogens is 300 g/mol. The highest BCUT2D eigenvalue weighted by molar-refractivity contribution is 6.32. The first-order valence-electron chi connectivity index (χ1n) is 5.64. The fraction of sp³-hybridized carbons (Fsp3) is 0.0909. The van der Waals surface area contributed by atoms with Crippen molar-refractivity contribution in [2.75, 3.05) is 5.43 Å². The van der Waals surface area contributed by atoms with E-state index in [9.17, 15) is 14.9 Å². The number of hydrazone groups is 1. The van der Waals surface area contributed by atoms with E-state index < -0.39 is 4.92 Å². The lowest BCUT2D eigenvalue weighted by molar-refractivity contribution is -0.384. The van der Waals surface area contributed by atoms with Crippen LogP contribution in [0.1, 0.15) is 11.3 Å². The van der Waals surface area contributed by atoms with Crippen LogP contribution in [0.25, 0.3) is 0 Å². The summed E-state index contributed by atoms with van der Waals surface area (Å²) in [5.41, 5.74) is 2.55. The summed E-state index contributed by atoms with van der Waals surface area (Å²) in [5.74, 6) is 0.0605. The molecule has 0 aliphatic heterocycles. The van der Waals surface area contributed by atoms with Gasteiger partial charge in [-0.05, 0) is 13.0 Å². The standard InChI is InChI=1S/C11H9ClN6O3/c1-6-10(19)14-11(17-15-6)16-13-5-7-2-3-8(12)9(4-7)18(20)21/h2-5H,1H3,(H2,14,16,17,19)/b13-5+. The summed E-state index contributed by atoms with van der Waals surface area (Å²) in [6.07, 6.45) is 1.32. The number of hydrogen-bond donors (Lipinski definition) is 2.